The number of ether oxygens (including phenoxy) is 1. The Kier molecular flexibility index (Phi) is 7.01. The standard InChI is InChI=1S/C16H18N2O4/c19-16(15-6-4-8-18-12-15)20-9-1-2-10-21-22-13-14-5-3-7-17-11-14/h3-8,11-12H,1-2,9-10,13H2. The first-order valence-corrected chi connectivity index (χ1v) is 7.07. The summed E-state index contributed by atoms with van der Waals surface area (Å²) in [5, 5.41) is 0. The number of carbonyl (C=O) groups is 1. The van der Waals surface area contributed by atoms with E-state index in [2.05, 4.69) is 9.97 Å². The van der Waals surface area contributed by atoms with Gasteiger partial charge in [-0.2, -0.15) is 0 Å². The second-order valence-electron chi connectivity index (χ2n) is 4.53. The number of carbonyl (C=O) groups excluding carboxylic acids is 1. The minimum atomic E-state index is -0.359. The minimum Gasteiger partial charge on any atom is -0.462 e. The summed E-state index contributed by atoms with van der Waals surface area (Å²) in [6, 6.07) is 7.12. The summed E-state index contributed by atoms with van der Waals surface area (Å²) < 4.78 is 5.12. The van der Waals surface area contributed by atoms with Gasteiger partial charge in [0.25, 0.3) is 0 Å². The van der Waals surface area contributed by atoms with Crippen LogP contribution in [0.4, 0.5) is 0 Å². The molecule has 0 atom stereocenters. The van der Waals surface area contributed by atoms with Gasteiger partial charge < -0.3 is 4.74 Å². The molecule has 6 heteroatoms. The van der Waals surface area contributed by atoms with E-state index in [1.165, 1.54) is 6.20 Å². The Morgan fingerprint density at radius 3 is 2.45 bits per heavy atom. The van der Waals surface area contributed by atoms with Crippen LogP contribution in [-0.4, -0.2) is 29.2 Å². The van der Waals surface area contributed by atoms with Crippen LogP contribution >= 0.6 is 0 Å². The molecule has 116 valence electrons. The molecule has 0 bridgehead atoms. The van der Waals surface area contributed by atoms with Crippen molar-refractivity contribution in [1.82, 2.24) is 9.97 Å². The van der Waals surface area contributed by atoms with Gasteiger partial charge in [-0.3, -0.25) is 9.97 Å². The van der Waals surface area contributed by atoms with Crippen molar-refractivity contribution in [3.8, 4) is 0 Å². The fourth-order valence-corrected chi connectivity index (χ4v) is 1.65. The molecule has 0 fully saturated rings. The van der Waals surface area contributed by atoms with Crippen molar-refractivity contribution in [2.75, 3.05) is 13.2 Å². The lowest BCUT2D eigenvalue weighted by molar-refractivity contribution is -0.304. The zero-order valence-corrected chi connectivity index (χ0v) is 12.2. The number of hydrogen-bond donors (Lipinski definition) is 0. The van der Waals surface area contributed by atoms with Gasteiger partial charge >= 0.3 is 5.97 Å². The number of aromatic nitrogens is 2. The van der Waals surface area contributed by atoms with Gasteiger partial charge in [0.1, 0.15) is 6.61 Å². The second-order valence-corrected chi connectivity index (χ2v) is 4.53. The lowest BCUT2D eigenvalue weighted by Crippen LogP contribution is -2.07. The molecule has 0 aliphatic rings. The van der Waals surface area contributed by atoms with Crippen LogP contribution in [0.1, 0.15) is 28.8 Å². The molecule has 0 saturated heterocycles. The largest absolute Gasteiger partial charge is 0.462 e. The summed E-state index contributed by atoms with van der Waals surface area (Å²) in [4.78, 5) is 29.6. The highest BCUT2D eigenvalue weighted by Gasteiger charge is 2.05. The quantitative estimate of drug-likeness (QED) is 0.307. The van der Waals surface area contributed by atoms with Crippen molar-refractivity contribution in [2.24, 2.45) is 0 Å². The van der Waals surface area contributed by atoms with Gasteiger partial charge in [-0.05, 0) is 36.6 Å². The molecule has 0 aliphatic heterocycles. The maximum absolute atomic E-state index is 11.6. The minimum absolute atomic E-state index is 0.347. The van der Waals surface area contributed by atoms with Gasteiger partial charge in [-0.15, -0.1) is 0 Å². The molecule has 0 amide bonds. The lowest BCUT2D eigenvalue weighted by Gasteiger charge is -2.05. The molecule has 22 heavy (non-hydrogen) atoms. The fraction of sp³-hybridized carbons (Fsp3) is 0.312. The van der Waals surface area contributed by atoms with Crippen LogP contribution in [0.15, 0.2) is 49.1 Å². The number of hydrogen-bond acceptors (Lipinski definition) is 6. The molecular weight excluding hydrogens is 284 g/mol. The van der Waals surface area contributed by atoms with E-state index in [4.69, 9.17) is 14.5 Å². The molecule has 0 saturated carbocycles. The number of nitrogens with zero attached hydrogens (tertiary/aromatic N) is 2. The van der Waals surface area contributed by atoms with E-state index in [0.29, 0.717) is 31.8 Å². The molecule has 0 aliphatic carbocycles. The van der Waals surface area contributed by atoms with E-state index in [9.17, 15) is 4.79 Å². The van der Waals surface area contributed by atoms with Crippen LogP contribution < -0.4 is 0 Å². The fourth-order valence-electron chi connectivity index (χ4n) is 1.65. The van der Waals surface area contributed by atoms with Gasteiger partial charge in [0.05, 0.1) is 18.8 Å². The summed E-state index contributed by atoms with van der Waals surface area (Å²) in [6.07, 6.45) is 7.98. The lowest BCUT2D eigenvalue weighted by atomic mass is 10.3. The third-order valence-electron chi connectivity index (χ3n) is 2.78. The Hall–Kier alpha value is -2.31. The first-order valence-electron chi connectivity index (χ1n) is 7.07. The number of unbranched alkanes of at least 4 members (excludes halogenated alkanes) is 1. The highest BCUT2D eigenvalue weighted by Crippen LogP contribution is 2.02. The summed E-state index contributed by atoms with van der Waals surface area (Å²) in [5.74, 6) is -0.359. The van der Waals surface area contributed by atoms with E-state index < -0.39 is 0 Å². The molecule has 2 aromatic heterocycles. The third-order valence-corrected chi connectivity index (χ3v) is 2.78. The molecule has 0 N–H and O–H groups in total. The van der Waals surface area contributed by atoms with Crippen LogP contribution in [0.25, 0.3) is 0 Å². The zero-order chi connectivity index (χ0) is 15.5. The molecule has 2 aromatic rings. The first kappa shape index (κ1) is 16.1. The molecule has 6 nitrogen and oxygen atoms in total. The Morgan fingerprint density at radius 2 is 1.73 bits per heavy atom. The molecule has 0 unspecified atom stereocenters. The highest BCUT2D eigenvalue weighted by atomic mass is 17.2. The van der Waals surface area contributed by atoms with Crippen molar-refractivity contribution < 1.29 is 19.3 Å². The topological polar surface area (TPSA) is 70.5 Å². The van der Waals surface area contributed by atoms with E-state index in [1.807, 2.05) is 12.1 Å². The van der Waals surface area contributed by atoms with E-state index >= 15 is 0 Å². The van der Waals surface area contributed by atoms with Crippen LogP contribution in [0.2, 0.25) is 0 Å². The predicted molar refractivity (Wildman–Crippen MR) is 78.7 cm³/mol. The highest BCUT2D eigenvalue weighted by molar-refractivity contribution is 5.88. The summed E-state index contributed by atoms with van der Waals surface area (Å²) in [7, 11) is 0. The maximum Gasteiger partial charge on any atom is 0.339 e. The average Bonchev–Trinajstić information content (AvgIpc) is 2.59. The number of pyridine rings is 2. The SMILES string of the molecule is O=C(OCCCCOOCc1cccnc1)c1cccnc1. The number of rotatable bonds is 9. The Balaban J connectivity index is 1.47. The van der Waals surface area contributed by atoms with E-state index in [-0.39, 0.29) is 5.97 Å². The first-order chi connectivity index (χ1) is 10.9. The molecule has 0 spiro atoms. The van der Waals surface area contributed by atoms with Crippen molar-refractivity contribution >= 4 is 5.97 Å². The van der Waals surface area contributed by atoms with Crippen LogP contribution in [0.3, 0.4) is 0 Å². The third kappa shape index (κ3) is 5.99. The Bertz CT molecular complexity index is 549. The predicted octanol–water partition coefficient (Wildman–Crippen LogP) is 2.56. The average molecular weight is 302 g/mol. The molecular formula is C16H18N2O4. The summed E-state index contributed by atoms with van der Waals surface area (Å²) in [5.41, 5.74) is 1.41. The van der Waals surface area contributed by atoms with E-state index in [1.54, 1.807) is 30.7 Å². The van der Waals surface area contributed by atoms with Crippen molar-refractivity contribution in [2.45, 2.75) is 19.4 Å². The smallest absolute Gasteiger partial charge is 0.339 e. The maximum atomic E-state index is 11.6. The van der Waals surface area contributed by atoms with Crippen LogP contribution in [0.5, 0.6) is 0 Å². The molecule has 0 aromatic carbocycles. The van der Waals surface area contributed by atoms with Gasteiger partial charge in [0, 0.05) is 24.8 Å². The number of esters is 1. The zero-order valence-electron chi connectivity index (χ0n) is 12.2. The summed E-state index contributed by atoms with van der Waals surface area (Å²) >= 11 is 0. The molecule has 2 heterocycles. The van der Waals surface area contributed by atoms with Gasteiger partial charge in [0.15, 0.2) is 0 Å². The summed E-state index contributed by atoms with van der Waals surface area (Å²) in [6.45, 7) is 1.16. The van der Waals surface area contributed by atoms with Gasteiger partial charge in [-0.25, -0.2) is 14.6 Å². The second kappa shape index (κ2) is 9.59. The monoisotopic (exact) mass is 302 g/mol. The van der Waals surface area contributed by atoms with Crippen molar-refractivity contribution in [3.05, 3.63) is 60.2 Å². The van der Waals surface area contributed by atoms with Crippen LogP contribution in [0, 0.1) is 0 Å². The van der Waals surface area contributed by atoms with Crippen molar-refractivity contribution in [3.63, 3.8) is 0 Å². The normalized spacial score (nSPS) is 10.4. The molecule has 0 radical (unpaired) electrons. The van der Waals surface area contributed by atoms with Gasteiger partial charge in [0.2, 0.25) is 0 Å². The molecule has 2 rings (SSSR count). The van der Waals surface area contributed by atoms with E-state index in [0.717, 1.165) is 12.0 Å². The van der Waals surface area contributed by atoms with Crippen LogP contribution in [-0.2, 0) is 21.1 Å². The van der Waals surface area contributed by atoms with Gasteiger partial charge in [-0.1, -0.05) is 6.07 Å². The van der Waals surface area contributed by atoms with Crippen molar-refractivity contribution in [1.29, 1.82) is 0 Å². The Labute approximate surface area is 129 Å². The Morgan fingerprint density at radius 1 is 0.955 bits per heavy atom.